The first-order valence-electron chi connectivity index (χ1n) is 6.84. The van der Waals surface area contributed by atoms with Gasteiger partial charge in [-0.3, -0.25) is 9.35 Å². The van der Waals surface area contributed by atoms with Crippen LogP contribution in [0.5, 0.6) is 11.5 Å². The number of ether oxygens (including phenoxy) is 1. The number of para-hydroxylation sites is 1. The molecule has 1 aliphatic heterocycles. The summed E-state index contributed by atoms with van der Waals surface area (Å²) in [6.45, 7) is 0. The second-order valence-corrected chi connectivity index (χ2v) is 6.44. The van der Waals surface area contributed by atoms with Crippen molar-refractivity contribution in [3.63, 3.8) is 0 Å². The Kier molecular flexibility index (Phi) is 4.00. The number of benzene rings is 2. The third kappa shape index (κ3) is 2.97. The smallest absolute Gasteiger partial charge is 0.309 e. The van der Waals surface area contributed by atoms with Crippen LogP contribution in [0.25, 0.3) is 6.08 Å². The van der Waals surface area contributed by atoms with Gasteiger partial charge in [-0.25, -0.2) is 0 Å². The molecule has 2 aromatic carbocycles. The summed E-state index contributed by atoms with van der Waals surface area (Å²) in [5.41, 5.74) is 1.11. The summed E-state index contributed by atoms with van der Waals surface area (Å²) >= 11 is 0. The minimum atomic E-state index is -4.58. The van der Waals surface area contributed by atoms with Crippen molar-refractivity contribution < 1.29 is 22.5 Å². The molecule has 24 heavy (non-hydrogen) atoms. The van der Waals surface area contributed by atoms with Crippen molar-refractivity contribution in [2.75, 3.05) is 0 Å². The molecule has 0 spiro atoms. The van der Waals surface area contributed by atoms with Crippen molar-refractivity contribution in [2.24, 2.45) is 5.18 Å². The fourth-order valence-corrected chi connectivity index (χ4v) is 3.49. The molecule has 1 N–H and O–H groups in total. The predicted molar refractivity (Wildman–Crippen MR) is 85.4 cm³/mol. The molecule has 0 saturated carbocycles. The lowest BCUT2D eigenvalue weighted by Gasteiger charge is -2.22. The van der Waals surface area contributed by atoms with Crippen LogP contribution in [0.15, 0.2) is 52.5 Å². The Balaban J connectivity index is 2.18. The lowest BCUT2D eigenvalue weighted by molar-refractivity contribution is -0.113. The maximum absolute atomic E-state index is 11.8. The summed E-state index contributed by atoms with van der Waals surface area (Å²) in [7, 11) is -4.58. The SMILES string of the molecule is O=NC(=O)C=Cc1ccc2c(c1S(=O)(=O)O)Cc1ccccc1O2. The molecule has 0 fully saturated rings. The number of rotatable bonds is 3. The summed E-state index contributed by atoms with van der Waals surface area (Å²) in [5, 5.41) is 2.20. The van der Waals surface area contributed by atoms with E-state index in [1.807, 2.05) is 0 Å². The molecule has 0 atom stereocenters. The Morgan fingerprint density at radius 3 is 2.62 bits per heavy atom. The monoisotopic (exact) mass is 345 g/mol. The quantitative estimate of drug-likeness (QED) is 0.444. The highest BCUT2D eigenvalue weighted by atomic mass is 32.2. The Morgan fingerprint density at radius 2 is 1.92 bits per heavy atom. The van der Waals surface area contributed by atoms with Crippen molar-refractivity contribution >= 4 is 22.1 Å². The van der Waals surface area contributed by atoms with E-state index in [1.165, 1.54) is 6.07 Å². The van der Waals surface area contributed by atoms with Crippen LogP contribution in [-0.4, -0.2) is 18.9 Å². The molecule has 122 valence electrons. The number of carbonyl (C=O) groups excluding carboxylic acids is 1. The maximum Gasteiger partial charge on any atom is 0.309 e. The Labute approximate surface area is 137 Å². The third-order valence-corrected chi connectivity index (χ3v) is 4.56. The summed E-state index contributed by atoms with van der Waals surface area (Å²) in [6.07, 6.45) is 2.19. The molecule has 0 unspecified atom stereocenters. The first kappa shape index (κ1) is 16.0. The van der Waals surface area contributed by atoms with Gasteiger partial charge in [-0.05, 0) is 35.4 Å². The molecule has 1 heterocycles. The van der Waals surface area contributed by atoms with Crippen LogP contribution < -0.4 is 4.74 Å². The zero-order valence-corrected chi connectivity index (χ0v) is 13.0. The van der Waals surface area contributed by atoms with Gasteiger partial charge in [-0.15, -0.1) is 4.91 Å². The molecule has 1 aliphatic rings. The van der Waals surface area contributed by atoms with Crippen LogP contribution in [0.1, 0.15) is 16.7 Å². The van der Waals surface area contributed by atoms with E-state index < -0.39 is 16.0 Å². The van der Waals surface area contributed by atoms with E-state index in [1.54, 1.807) is 30.3 Å². The fraction of sp³-hybridized carbons (Fsp3) is 0.0625. The van der Waals surface area contributed by atoms with Gasteiger partial charge >= 0.3 is 5.91 Å². The van der Waals surface area contributed by atoms with Crippen LogP contribution in [-0.2, 0) is 21.3 Å². The van der Waals surface area contributed by atoms with E-state index in [2.05, 4.69) is 5.18 Å². The first-order valence-corrected chi connectivity index (χ1v) is 8.28. The van der Waals surface area contributed by atoms with Crippen molar-refractivity contribution in [1.29, 1.82) is 0 Å². The number of hydrogen-bond acceptors (Lipinski definition) is 5. The Hall–Kier alpha value is -2.84. The number of fused-ring (bicyclic) bond motifs is 2. The first-order chi connectivity index (χ1) is 11.4. The summed E-state index contributed by atoms with van der Waals surface area (Å²) in [6, 6.07) is 10.0. The minimum absolute atomic E-state index is 0.0660. The number of amides is 1. The predicted octanol–water partition coefficient (Wildman–Crippen LogP) is 2.94. The van der Waals surface area contributed by atoms with Crippen molar-refractivity contribution in [3.05, 3.63) is 64.1 Å². The second-order valence-electron chi connectivity index (χ2n) is 5.09. The molecule has 1 amide bonds. The highest BCUT2D eigenvalue weighted by Crippen LogP contribution is 2.40. The zero-order chi connectivity index (χ0) is 17.3. The topological polar surface area (TPSA) is 110 Å². The highest BCUT2D eigenvalue weighted by Gasteiger charge is 2.27. The Morgan fingerprint density at radius 1 is 1.17 bits per heavy atom. The van der Waals surface area contributed by atoms with E-state index in [9.17, 15) is 22.7 Å². The zero-order valence-electron chi connectivity index (χ0n) is 12.2. The average molecular weight is 345 g/mol. The van der Waals surface area contributed by atoms with E-state index in [0.29, 0.717) is 11.5 Å². The largest absolute Gasteiger partial charge is 0.457 e. The van der Waals surface area contributed by atoms with Gasteiger partial charge in [0, 0.05) is 23.2 Å². The van der Waals surface area contributed by atoms with Crippen LogP contribution >= 0.6 is 0 Å². The van der Waals surface area contributed by atoms with Crippen LogP contribution in [0.4, 0.5) is 0 Å². The molecule has 0 saturated heterocycles. The minimum Gasteiger partial charge on any atom is -0.457 e. The molecule has 2 aromatic rings. The summed E-state index contributed by atoms with van der Waals surface area (Å²) in [4.78, 5) is 20.8. The molecule has 0 aromatic heterocycles. The van der Waals surface area contributed by atoms with Gasteiger partial charge in [0.15, 0.2) is 0 Å². The molecular weight excluding hydrogens is 334 g/mol. The van der Waals surface area contributed by atoms with Crippen molar-refractivity contribution in [1.82, 2.24) is 0 Å². The summed E-state index contributed by atoms with van der Waals surface area (Å²) in [5.74, 6) is -0.149. The van der Waals surface area contributed by atoms with Crippen LogP contribution in [0.3, 0.4) is 0 Å². The molecule has 7 nitrogen and oxygen atoms in total. The average Bonchev–Trinajstić information content (AvgIpc) is 2.56. The summed E-state index contributed by atoms with van der Waals surface area (Å²) < 4.78 is 39.0. The Bertz CT molecular complexity index is 978. The van der Waals surface area contributed by atoms with Crippen molar-refractivity contribution in [3.8, 4) is 11.5 Å². The van der Waals surface area contributed by atoms with Crippen LogP contribution in [0.2, 0.25) is 0 Å². The van der Waals surface area contributed by atoms with Gasteiger partial charge in [0.25, 0.3) is 10.1 Å². The molecule has 0 bridgehead atoms. The van der Waals surface area contributed by atoms with Gasteiger partial charge < -0.3 is 4.74 Å². The van der Waals surface area contributed by atoms with Crippen LogP contribution in [0, 0.1) is 4.91 Å². The second kappa shape index (κ2) is 5.99. The van der Waals surface area contributed by atoms with E-state index in [0.717, 1.165) is 17.7 Å². The van der Waals surface area contributed by atoms with Gasteiger partial charge in [-0.2, -0.15) is 8.42 Å². The van der Waals surface area contributed by atoms with Gasteiger partial charge in [-0.1, -0.05) is 18.2 Å². The number of nitrogens with zero attached hydrogens (tertiary/aromatic N) is 1. The van der Waals surface area contributed by atoms with E-state index in [-0.39, 0.29) is 22.4 Å². The van der Waals surface area contributed by atoms with E-state index in [4.69, 9.17) is 4.74 Å². The normalized spacial score (nSPS) is 13.0. The third-order valence-electron chi connectivity index (χ3n) is 3.56. The standard InChI is InChI=1S/C16H11NO6S/c18-15(17-19)8-6-10-5-7-14-12(16(10)24(20,21)22)9-11-3-1-2-4-13(11)23-14/h1-8H,9H2,(H,20,21,22). The maximum atomic E-state index is 11.8. The lowest BCUT2D eigenvalue weighted by atomic mass is 9.98. The number of hydrogen-bond donors (Lipinski definition) is 1. The molecular formula is C16H11NO6S. The molecule has 8 heteroatoms. The highest BCUT2D eigenvalue weighted by molar-refractivity contribution is 7.86. The molecule has 3 rings (SSSR count). The number of carbonyl (C=O) groups is 1. The van der Waals surface area contributed by atoms with Gasteiger partial charge in [0.2, 0.25) is 0 Å². The van der Waals surface area contributed by atoms with Gasteiger partial charge in [0.05, 0.1) is 0 Å². The lowest BCUT2D eigenvalue weighted by Crippen LogP contribution is -2.11. The number of nitroso groups, excluding NO2 is 1. The van der Waals surface area contributed by atoms with Crippen molar-refractivity contribution in [2.45, 2.75) is 11.3 Å². The molecule has 0 radical (unpaired) electrons. The molecule has 0 aliphatic carbocycles. The van der Waals surface area contributed by atoms with Gasteiger partial charge in [0.1, 0.15) is 16.4 Å². The fourth-order valence-electron chi connectivity index (χ4n) is 2.58. The van der Waals surface area contributed by atoms with E-state index >= 15 is 0 Å².